The number of hydrogen-bond acceptors (Lipinski definition) is 3. The van der Waals surface area contributed by atoms with Gasteiger partial charge in [0.15, 0.2) is 6.61 Å². The van der Waals surface area contributed by atoms with Crippen LogP contribution in [0.4, 0.5) is 0 Å². The third kappa shape index (κ3) is 3.64. The smallest absolute Gasteiger partial charge is 0.260 e. The van der Waals surface area contributed by atoms with Crippen molar-refractivity contribution in [1.82, 2.24) is 4.90 Å². The zero-order valence-corrected chi connectivity index (χ0v) is 12.4. The van der Waals surface area contributed by atoms with Gasteiger partial charge in [0.2, 0.25) is 0 Å². The fourth-order valence-electron chi connectivity index (χ4n) is 2.25. The van der Waals surface area contributed by atoms with Crippen molar-refractivity contribution in [3.8, 4) is 5.75 Å². The zero-order valence-electron chi connectivity index (χ0n) is 11.6. The van der Waals surface area contributed by atoms with Gasteiger partial charge in [-0.3, -0.25) is 4.79 Å². The minimum absolute atomic E-state index is 0.00241. The Labute approximate surface area is 124 Å². The third-order valence-electron chi connectivity index (χ3n) is 3.67. The van der Waals surface area contributed by atoms with Crippen LogP contribution in [0.15, 0.2) is 18.2 Å². The van der Waals surface area contributed by atoms with Gasteiger partial charge in [-0.15, -0.1) is 0 Å². The standard InChI is InChI=1S/C15H20ClNO3/c1-11-9-13(5-6-14(11)16)20-10-15(19)17(7-8-18)12-3-2-4-12/h5-6,9,12,18H,2-4,7-8,10H2,1H3. The molecule has 0 saturated heterocycles. The van der Waals surface area contributed by atoms with Gasteiger partial charge in [0.1, 0.15) is 5.75 Å². The lowest BCUT2D eigenvalue weighted by atomic mass is 9.91. The number of nitrogens with zero attached hydrogens (tertiary/aromatic N) is 1. The first kappa shape index (κ1) is 15.1. The number of carbonyl (C=O) groups excluding carboxylic acids is 1. The van der Waals surface area contributed by atoms with Crippen LogP contribution in [0.5, 0.6) is 5.75 Å². The highest BCUT2D eigenvalue weighted by molar-refractivity contribution is 6.31. The van der Waals surface area contributed by atoms with E-state index in [1.165, 1.54) is 0 Å². The van der Waals surface area contributed by atoms with Crippen molar-refractivity contribution in [3.63, 3.8) is 0 Å². The Morgan fingerprint density at radius 3 is 2.80 bits per heavy atom. The van der Waals surface area contributed by atoms with Crippen LogP contribution >= 0.6 is 11.6 Å². The van der Waals surface area contributed by atoms with E-state index in [-0.39, 0.29) is 25.2 Å². The van der Waals surface area contributed by atoms with E-state index in [2.05, 4.69) is 0 Å². The van der Waals surface area contributed by atoms with Gasteiger partial charge < -0.3 is 14.7 Å². The number of aryl methyl sites for hydroxylation is 1. The third-order valence-corrected chi connectivity index (χ3v) is 4.09. The van der Waals surface area contributed by atoms with Crippen LogP contribution < -0.4 is 4.74 Å². The van der Waals surface area contributed by atoms with Crippen LogP contribution in [0, 0.1) is 6.92 Å². The summed E-state index contributed by atoms with van der Waals surface area (Å²) >= 11 is 5.94. The maximum atomic E-state index is 12.2. The molecule has 0 aliphatic heterocycles. The Hall–Kier alpha value is -1.26. The monoisotopic (exact) mass is 297 g/mol. The molecule has 1 amide bonds. The van der Waals surface area contributed by atoms with Crippen LogP contribution in [-0.4, -0.2) is 41.7 Å². The molecule has 1 N–H and O–H groups in total. The SMILES string of the molecule is Cc1cc(OCC(=O)N(CCO)C2CCC2)ccc1Cl. The molecule has 0 spiro atoms. The molecule has 1 aliphatic carbocycles. The van der Waals surface area contributed by atoms with Gasteiger partial charge in [0, 0.05) is 17.6 Å². The highest BCUT2D eigenvalue weighted by atomic mass is 35.5. The number of carbonyl (C=O) groups is 1. The van der Waals surface area contributed by atoms with Crippen LogP contribution in [0.2, 0.25) is 5.02 Å². The molecule has 0 unspecified atom stereocenters. The van der Waals surface area contributed by atoms with Gasteiger partial charge in [0.25, 0.3) is 5.91 Å². The van der Waals surface area contributed by atoms with E-state index >= 15 is 0 Å². The number of rotatable bonds is 6. The van der Waals surface area contributed by atoms with Gasteiger partial charge in [-0.05, 0) is 49.9 Å². The second kappa shape index (κ2) is 6.95. The Morgan fingerprint density at radius 2 is 2.25 bits per heavy atom. The van der Waals surface area contributed by atoms with E-state index in [4.69, 9.17) is 21.4 Å². The molecule has 5 heteroatoms. The Bertz CT molecular complexity index is 474. The molecule has 1 aromatic rings. The molecule has 0 aromatic heterocycles. The first-order chi connectivity index (χ1) is 9.61. The van der Waals surface area contributed by atoms with Crippen LogP contribution in [0.1, 0.15) is 24.8 Å². The van der Waals surface area contributed by atoms with E-state index in [0.717, 1.165) is 24.8 Å². The van der Waals surface area contributed by atoms with Gasteiger partial charge in [0.05, 0.1) is 6.61 Å². The number of amides is 1. The maximum Gasteiger partial charge on any atom is 0.260 e. The second-order valence-electron chi connectivity index (χ2n) is 5.10. The molecule has 1 saturated carbocycles. The predicted molar refractivity (Wildman–Crippen MR) is 78.1 cm³/mol. The van der Waals surface area contributed by atoms with E-state index in [0.29, 0.717) is 17.3 Å². The predicted octanol–water partition coefficient (Wildman–Crippen LogP) is 2.40. The van der Waals surface area contributed by atoms with Gasteiger partial charge in [-0.25, -0.2) is 0 Å². The van der Waals surface area contributed by atoms with Crippen LogP contribution in [-0.2, 0) is 4.79 Å². The molecule has 0 heterocycles. The van der Waals surface area contributed by atoms with Crippen molar-refractivity contribution < 1.29 is 14.6 Å². The van der Waals surface area contributed by atoms with Gasteiger partial charge >= 0.3 is 0 Å². The fraction of sp³-hybridized carbons (Fsp3) is 0.533. The summed E-state index contributed by atoms with van der Waals surface area (Å²) in [6.07, 6.45) is 3.19. The normalized spacial score (nSPS) is 14.8. The lowest BCUT2D eigenvalue weighted by Crippen LogP contribution is -2.47. The highest BCUT2D eigenvalue weighted by Gasteiger charge is 2.28. The van der Waals surface area contributed by atoms with E-state index in [1.807, 2.05) is 13.0 Å². The Kier molecular flexibility index (Phi) is 5.26. The van der Waals surface area contributed by atoms with Crippen molar-refractivity contribution in [2.24, 2.45) is 0 Å². The Balaban J connectivity index is 1.90. The van der Waals surface area contributed by atoms with Crippen molar-refractivity contribution >= 4 is 17.5 Å². The van der Waals surface area contributed by atoms with E-state index in [9.17, 15) is 4.79 Å². The van der Waals surface area contributed by atoms with Crippen molar-refractivity contribution in [2.45, 2.75) is 32.2 Å². The molecule has 1 aliphatic rings. The molecule has 2 rings (SSSR count). The average molecular weight is 298 g/mol. The van der Waals surface area contributed by atoms with Crippen molar-refractivity contribution in [1.29, 1.82) is 0 Å². The summed E-state index contributed by atoms with van der Waals surface area (Å²) in [6, 6.07) is 5.59. The van der Waals surface area contributed by atoms with Crippen molar-refractivity contribution in [3.05, 3.63) is 28.8 Å². The minimum atomic E-state index is -0.0728. The molecular formula is C15H20ClNO3. The topological polar surface area (TPSA) is 49.8 Å². The second-order valence-corrected chi connectivity index (χ2v) is 5.50. The number of ether oxygens (including phenoxy) is 1. The quantitative estimate of drug-likeness (QED) is 0.877. The first-order valence-electron chi connectivity index (χ1n) is 6.91. The van der Waals surface area contributed by atoms with Crippen LogP contribution in [0.3, 0.4) is 0 Å². The summed E-state index contributed by atoms with van der Waals surface area (Å²) < 4.78 is 5.52. The highest BCUT2D eigenvalue weighted by Crippen LogP contribution is 2.25. The maximum absolute atomic E-state index is 12.2. The van der Waals surface area contributed by atoms with Crippen LogP contribution in [0.25, 0.3) is 0 Å². The molecule has 1 fully saturated rings. The number of halogens is 1. The lowest BCUT2D eigenvalue weighted by molar-refractivity contribution is -0.138. The van der Waals surface area contributed by atoms with Gasteiger partial charge in [-0.1, -0.05) is 11.6 Å². The van der Waals surface area contributed by atoms with E-state index in [1.54, 1.807) is 17.0 Å². The van der Waals surface area contributed by atoms with Crippen molar-refractivity contribution in [2.75, 3.05) is 19.8 Å². The fourth-order valence-corrected chi connectivity index (χ4v) is 2.37. The van der Waals surface area contributed by atoms with E-state index < -0.39 is 0 Å². The molecule has 1 aromatic carbocycles. The minimum Gasteiger partial charge on any atom is -0.484 e. The largest absolute Gasteiger partial charge is 0.484 e. The molecule has 0 bridgehead atoms. The molecule has 20 heavy (non-hydrogen) atoms. The molecule has 0 atom stereocenters. The number of hydrogen-bond donors (Lipinski definition) is 1. The molecule has 110 valence electrons. The molecule has 4 nitrogen and oxygen atoms in total. The molecular weight excluding hydrogens is 278 g/mol. The summed E-state index contributed by atoms with van der Waals surface area (Å²) in [5.74, 6) is 0.564. The summed E-state index contributed by atoms with van der Waals surface area (Å²) in [7, 11) is 0. The molecule has 0 radical (unpaired) electrons. The number of aliphatic hydroxyl groups excluding tert-OH is 1. The first-order valence-corrected chi connectivity index (χ1v) is 7.29. The Morgan fingerprint density at radius 1 is 1.50 bits per heavy atom. The average Bonchev–Trinajstić information content (AvgIpc) is 2.37. The number of aliphatic hydroxyl groups is 1. The number of benzene rings is 1. The zero-order chi connectivity index (χ0) is 14.5. The lowest BCUT2D eigenvalue weighted by Gasteiger charge is -2.37. The summed E-state index contributed by atoms with van der Waals surface area (Å²) in [5.41, 5.74) is 0.919. The summed E-state index contributed by atoms with van der Waals surface area (Å²) in [6.45, 7) is 2.26. The summed E-state index contributed by atoms with van der Waals surface area (Å²) in [4.78, 5) is 13.9. The summed E-state index contributed by atoms with van der Waals surface area (Å²) in [5, 5.41) is 9.74. The van der Waals surface area contributed by atoms with Gasteiger partial charge in [-0.2, -0.15) is 0 Å².